The molecular weight excluding hydrogens is 212 g/mol. The van der Waals surface area contributed by atoms with Crippen molar-refractivity contribution in [2.24, 2.45) is 0 Å². The predicted molar refractivity (Wildman–Crippen MR) is 73.4 cm³/mol. The highest BCUT2D eigenvalue weighted by molar-refractivity contribution is 5.74. The molecule has 0 saturated carbocycles. The molecule has 0 spiro atoms. The first-order chi connectivity index (χ1) is 8.31. The quantitative estimate of drug-likeness (QED) is 0.275. The Balaban J connectivity index is 3.15. The Hall–Kier alpha value is -1.01. The second kappa shape index (κ2) is 13.1. The van der Waals surface area contributed by atoms with Crippen LogP contribution in [0.25, 0.3) is 0 Å². The van der Waals surface area contributed by atoms with Gasteiger partial charge >= 0.3 is 0 Å². The summed E-state index contributed by atoms with van der Waals surface area (Å²) in [5, 5.41) is 6.79. The van der Waals surface area contributed by atoms with Crippen LogP contribution in [0.5, 0.6) is 0 Å². The van der Waals surface area contributed by atoms with Crippen molar-refractivity contribution in [2.75, 3.05) is 26.8 Å². The first kappa shape index (κ1) is 16.0. The highest BCUT2D eigenvalue weighted by atomic mass is 16.5. The average molecular weight is 238 g/mol. The molecule has 0 rings (SSSR count). The van der Waals surface area contributed by atoms with E-state index in [1.165, 1.54) is 25.7 Å². The number of hydrogen-bond donors (Lipinski definition) is 1. The van der Waals surface area contributed by atoms with E-state index in [0.29, 0.717) is 0 Å². The summed E-state index contributed by atoms with van der Waals surface area (Å²) < 4.78 is 5.54. The molecule has 0 bridgehead atoms. The first-order valence-electron chi connectivity index (χ1n) is 6.60. The van der Waals surface area contributed by atoms with E-state index in [4.69, 9.17) is 10.1 Å². The number of rotatable bonds is 10. The predicted octanol–water partition coefficient (Wildman–Crippen LogP) is 2.91. The van der Waals surface area contributed by atoms with Crippen LogP contribution in [0, 0.1) is 17.4 Å². The number of hydrogen-bond acceptors (Lipinski definition) is 3. The molecule has 3 nitrogen and oxygen atoms in total. The number of ether oxygens (including phenoxy) is 1. The van der Waals surface area contributed by atoms with Crippen LogP contribution in [0.1, 0.15) is 45.4 Å². The van der Waals surface area contributed by atoms with E-state index in [9.17, 15) is 0 Å². The Labute approximate surface area is 106 Å². The van der Waals surface area contributed by atoms with Crippen molar-refractivity contribution in [1.29, 1.82) is 5.41 Å². The molecule has 0 heterocycles. The van der Waals surface area contributed by atoms with Gasteiger partial charge in [0, 0.05) is 32.9 Å². The van der Waals surface area contributed by atoms with E-state index >= 15 is 0 Å². The summed E-state index contributed by atoms with van der Waals surface area (Å²) >= 11 is 0. The van der Waals surface area contributed by atoms with Gasteiger partial charge < -0.3 is 9.64 Å². The molecule has 98 valence electrons. The zero-order chi connectivity index (χ0) is 12.8. The van der Waals surface area contributed by atoms with Crippen LogP contribution in [-0.4, -0.2) is 37.9 Å². The van der Waals surface area contributed by atoms with Gasteiger partial charge in [0.2, 0.25) is 0 Å². The third-order valence-electron chi connectivity index (χ3n) is 2.50. The van der Waals surface area contributed by atoms with Crippen LogP contribution in [0.15, 0.2) is 0 Å². The highest BCUT2D eigenvalue weighted by Gasteiger charge is 1.93. The highest BCUT2D eigenvalue weighted by Crippen LogP contribution is 1.99. The maximum Gasteiger partial charge on any atom is 0.0695 e. The van der Waals surface area contributed by atoms with Gasteiger partial charge in [-0.2, -0.15) is 0 Å². The molecule has 3 heteroatoms. The first-order valence-corrected chi connectivity index (χ1v) is 6.60. The minimum Gasteiger partial charge on any atom is -0.381 e. The summed E-state index contributed by atoms with van der Waals surface area (Å²) in [6, 6.07) is 2.87. The van der Waals surface area contributed by atoms with Gasteiger partial charge in [0.15, 0.2) is 0 Å². The summed E-state index contributed by atoms with van der Waals surface area (Å²) in [4.78, 5) is 1.94. The minimum atomic E-state index is 0.888. The normalized spacial score (nSPS) is 9.53. The molecule has 0 amide bonds. The molecule has 0 radical (unpaired) electrons. The average Bonchev–Trinajstić information content (AvgIpc) is 2.34. The minimum absolute atomic E-state index is 0.888. The lowest BCUT2D eigenvalue weighted by Crippen LogP contribution is -2.13. The van der Waals surface area contributed by atoms with E-state index < -0.39 is 0 Å². The Bertz CT molecular complexity index is 230. The van der Waals surface area contributed by atoms with Gasteiger partial charge in [-0.15, -0.1) is 0 Å². The Morgan fingerprint density at radius 2 is 1.82 bits per heavy atom. The summed E-state index contributed by atoms with van der Waals surface area (Å²) in [7, 11) is 1.96. The number of nitrogens with zero attached hydrogens (tertiary/aromatic N) is 1. The summed E-state index contributed by atoms with van der Waals surface area (Å²) in [6.45, 7) is 4.98. The fourth-order valence-electron chi connectivity index (χ4n) is 1.48. The number of nitrogens with one attached hydrogen (secondary N) is 1. The van der Waals surface area contributed by atoms with Gasteiger partial charge in [-0.25, -0.2) is 0 Å². The van der Waals surface area contributed by atoms with E-state index in [0.717, 1.165) is 38.8 Å². The molecule has 0 saturated heterocycles. The van der Waals surface area contributed by atoms with E-state index in [1.807, 2.05) is 11.9 Å². The fourth-order valence-corrected chi connectivity index (χ4v) is 1.48. The van der Waals surface area contributed by atoms with Crippen molar-refractivity contribution in [3.8, 4) is 12.0 Å². The molecule has 0 fully saturated rings. The third-order valence-corrected chi connectivity index (χ3v) is 2.50. The molecule has 0 aromatic carbocycles. The zero-order valence-electron chi connectivity index (χ0n) is 11.3. The summed E-state index contributed by atoms with van der Waals surface area (Å²) in [5.41, 5.74) is 0. The van der Waals surface area contributed by atoms with Crippen LogP contribution >= 0.6 is 0 Å². The van der Waals surface area contributed by atoms with E-state index in [-0.39, 0.29) is 0 Å². The molecule has 1 N–H and O–H groups in total. The molecule has 0 aromatic heterocycles. The second-order valence-corrected chi connectivity index (χ2v) is 4.20. The molecule has 0 aliphatic rings. The van der Waals surface area contributed by atoms with Gasteiger partial charge in [-0.1, -0.05) is 19.8 Å². The molecule has 0 aliphatic heterocycles. The van der Waals surface area contributed by atoms with Crippen molar-refractivity contribution in [1.82, 2.24) is 4.90 Å². The van der Waals surface area contributed by atoms with Gasteiger partial charge in [-0.3, -0.25) is 5.41 Å². The van der Waals surface area contributed by atoms with Gasteiger partial charge in [0.25, 0.3) is 0 Å². The fraction of sp³-hybridized carbons (Fsp3) is 0.786. The van der Waals surface area contributed by atoms with Gasteiger partial charge in [0.1, 0.15) is 0 Å². The lowest BCUT2D eigenvalue weighted by Gasteiger charge is -2.10. The Morgan fingerprint density at radius 3 is 2.47 bits per heavy atom. The zero-order valence-corrected chi connectivity index (χ0v) is 11.3. The molecule has 0 aliphatic carbocycles. The van der Waals surface area contributed by atoms with E-state index in [1.54, 1.807) is 0 Å². The lowest BCUT2D eigenvalue weighted by molar-refractivity contribution is 0.126. The van der Waals surface area contributed by atoms with Crippen LogP contribution in [0.4, 0.5) is 0 Å². The molecular formula is C14H26N2O. The third kappa shape index (κ3) is 12.9. The SMILES string of the molecule is CCCCCOCCCCCN(C)C#CC=N. The van der Waals surface area contributed by atoms with Crippen molar-refractivity contribution in [2.45, 2.75) is 45.4 Å². The van der Waals surface area contributed by atoms with Gasteiger partial charge in [0.05, 0.1) is 6.21 Å². The molecule has 17 heavy (non-hydrogen) atoms. The number of unbranched alkanes of at least 4 members (excludes halogenated alkanes) is 4. The van der Waals surface area contributed by atoms with Crippen LogP contribution in [0.3, 0.4) is 0 Å². The second-order valence-electron chi connectivity index (χ2n) is 4.20. The van der Waals surface area contributed by atoms with Crippen molar-refractivity contribution in [3.63, 3.8) is 0 Å². The monoisotopic (exact) mass is 238 g/mol. The van der Waals surface area contributed by atoms with Crippen molar-refractivity contribution >= 4 is 6.21 Å². The Morgan fingerprint density at radius 1 is 1.12 bits per heavy atom. The van der Waals surface area contributed by atoms with Crippen LogP contribution in [0.2, 0.25) is 0 Å². The van der Waals surface area contributed by atoms with Gasteiger partial charge in [-0.05, 0) is 31.6 Å². The van der Waals surface area contributed by atoms with Crippen LogP contribution in [-0.2, 0) is 4.74 Å². The lowest BCUT2D eigenvalue weighted by atomic mass is 10.2. The largest absolute Gasteiger partial charge is 0.381 e. The van der Waals surface area contributed by atoms with Crippen molar-refractivity contribution in [3.05, 3.63) is 0 Å². The van der Waals surface area contributed by atoms with Crippen molar-refractivity contribution < 1.29 is 4.74 Å². The topological polar surface area (TPSA) is 36.3 Å². The maximum atomic E-state index is 6.79. The summed E-state index contributed by atoms with van der Waals surface area (Å²) in [5.74, 6) is 2.62. The van der Waals surface area contributed by atoms with Crippen LogP contribution < -0.4 is 0 Å². The van der Waals surface area contributed by atoms with E-state index in [2.05, 4.69) is 18.9 Å². The molecule has 0 atom stereocenters. The standard InChI is InChI=1S/C14H26N2O/c1-3-4-7-13-17-14-8-5-6-11-16(2)12-9-10-15/h10,15H,3-8,11,13-14H2,1-2H3. The Kier molecular flexibility index (Phi) is 12.3. The molecule has 0 unspecified atom stereocenters. The maximum absolute atomic E-state index is 6.79. The molecule has 0 aromatic rings. The summed E-state index contributed by atoms with van der Waals surface area (Å²) in [6.07, 6.45) is 8.31. The smallest absolute Gasteiger partial charge is 0.0695 e.